The van der Waals surface area contributed by atoms with Crippen molar-refractivity contribution >= 4 is 11.8 Å². The monoisotopic (exact) mass is 306 g/mol. The van der Waals surface area contributed by atoms with E-state index in [4.69, 9.17) is 14.9 Å². The molecule has 0 bridgehead atoms. The number of hydrogen-bond donors (Lipinski definition) is 1. The Kier molecular flexibility index (Phi) is 3.51. The maximum Gasteiger partial charge on any atom is 0.290 e. The lowest BCUT2D eigenvalue weighted by molar-refractivity contribution is -0.123. The Balaban J connectivity index is 1.94. The van der Waals surface area contributed by atoms with E-state index in [-0.39, 0.29) is 24.0 Å². The Morgan fingerprint density at radius 3 is 2.86 bits per heavy atom. The Labute approximate surface area is 129 Å². The van der Waals surface area contributed by atoms with Gasteiger partial charge in [0.05, 0.1) is 29.9 Å². The predicted octanol–water partition coefficient (Wildman–Crippen LogP) is 1.70. The van der Waals surface area contributed by atoms with Gasteiger partial charge in [-0.2, -0.15) is 0 Å². The van der Waals surface area contributed by atoms with Crippen LogP contribution in [0.1, 0.15) is 50.1 Å². The van der Waals surface area contributed by atoms with E-state index < -0.39 is 11.4 Å². The van der Waals surface area contributed by atoms with Crippen LogP contribution in [0.5, 0.6) is 0 Å². The number of hydrogen-bond acceptors (Lipinski definition) is 4. The van der Waals surface area contributed by atoms with E-state index in [1.54, 1.807) is 12.1 Å². The van der Waals surface area contributed by atoms with Crippen LogP contribution in [0, 0.1) is 0 Å². The number of likely N-dealkylation sites (tertiary alicyclic amines) is 1. The highest BCUT2D eigenvalue weighted by molar-refractivity contribution is 5.92. The van der Waals surface area contributed by atoms with E-state index in [1.807, 2.05) is 18.7 Å². The van der Waals surface area contributed by atoms with Gasteiger partial charge in [-0.3, -0.25) is 9.59 Å². The van der Waals surface area contributed by atoms with E-state index in [1.165, 1.54) is 6.26 Å². The van der Waals surface area contributed by atoms with Crippen LogP contribution >= 0.6 is 0 Å². The second kappa shape index (κ2) is 5.12. The number of rotatable bonds is 3. The first-order valence-electron chi connectivity index (χ1n) is 7.66. The van der Waals surface area contributed by atoms with Gasteiger partial charge in [-0.1, -0.05) is 0 Å². The van der Waals surface area contributed by atoms with Crippen molar-refractivity contribution in [3.8, 4) is 0 Å². The number of ether oxygens (including phenoxy) is 1. The molecule has 2 saturated heterocycles. The van der Waals surface area contributed by atoms with Crippen LogP contribution in [0.25, 0.3) is 0 Å². The van der Waals surface area contributed by atoms with Gasteiger partial charge in [0, 0.05) is 13.0 Å². The molecular weight excluding hydrogens is 284 g/mol. The van der Waals surface area contributed by atoms with Gasteiger partial charge in [-0.05, 0) is 38.8 Å². The number of carbonyl (C=O) groups is 2. The Morgan fingerprint density at radius 1 is 1.45 bits per heavy atom. The lowest BCUT2D eigenvalue weighted by Gasteiger charge is -2.38. The zero-order chi connectivity index (χ0) is 16.0. The van der Waals surface area contributed by atoms with Gasteiger partial charge in [-0.25, -0.2) is 0 Å². The van der Waals surface area contributed by atoms with Crippen LogP contribution in [-0.4, -0.2) is 40.5 Å². The molecule has 3 heterocycles. The molecule has 2 amide bonds. The second-order valence-corrected chi connectivity index (χ2v) is 6.85. The zero-order valence-corrected chi connectivity index (χ0v) is 13.0. The zero-order valence-electron chi connectivity index (χ0n) is 13.0. The molecule has 0 unspecified atom stereocenters. The van der Waals surface area contributed by atoms with Crippen molar-refractivity contribution in [3.63, 3.8) is 0 Å². The molecule has 6 heteroatoms. The fraction of sp³-hybridized carbons (Fsp3) is 0.625. The maximum absolute atomic E-state index is 12.8. The van der Waals surface area contributed by atoms with Gasteiger partial charge in [0.15, 0.2) is 5.76 Å². The summed E-state index contributed by atoms with van der Waals surface area (Å²) in [4.78, 5) is 26.0. The summed E-state index contributed by atoms with van der Waals surface area (Å²) in [5.41, 5.74) is 4.53. The van der Waals surface area contributed by atoms with E-state index >= 15 is 0 Å². The minimum absolute atomic E-state index is 0.130. The van der Waals surface area contributed by atoms with Gasteiger partial charge in [-0.15, -0.1) is 0 Å². The van der Waals surface area contributed by atoms with Gasteiger partial charge in [0.1, 0.15) is 0 Å². The van der Waals surface area contributed by atoms with Crippen LogP contribution in [0.15, 0.2) is 22.8 Å². The predicted molar refractivity (Wildman–Crippen MR) is 79.1 cm³/mol. The van der Waals surface area contributed by atoms with Crippen molar-refractivity contribution in [2.75, 3.05) is 6.54 Å². The summed E-state index contributed by atoms with van der Waals surface area (Å²) in [6.45, 7) is 4.63. The third kappa shape index (κ3) is 2.41. The minimum Gasteiger partial charge on any atom is -0.459 e. The van der Waals surface area contributed by atoms with Gasteiger partial charge >= 0.3 is 0 Å². The number of primary amides is 1. The van der Waals surface area contributed by atoms with Crippen molar-refractivity contribution in [1.82, 2.24) is 4.90 Å². The van der Waals surface area contributed by atoms with Crippen molar-refractivity contribution < 1.29 is 18.7 Å². The molecule has 0 saturated carbocycles. The number of amides is 2. The molecule has 0 aliphatic carbocycles. The quantitative estimate of drug-likeness (QED) is 0.921. The third-order valence-corrected chi connectivity index (χ3v) is 4.69. The number of nitrogens with zero attached hydrogens (tertiary/aromatic N) is 1. The highest BCUT2D eigenvalue weighted by Crippen LogP contribution is 2.49. The second-order valence-electron chi connectivity index (χ2n) is 6.85. The molecule has 2 aliphatic heterocycles. The first kappa shape index (κ1) is 15.1. The molecule has 6 nitrogen and oxygen atoms in total. The highest BCUT2D eigenvalue weighted by atomic mass is 16.5. The van der Waals surface area contributed by atoms with Gasteiger partial charge < -0.3 is 19.8 Å². The molecule has 1 spiro atoms. The first-order valence-corrected chi connectivity index (χ1v) is 7.66. The largest absolute Gasteiger partial charge is 0.459 e. The summed E-state index contributed by atoms with van der Waals surface area (Å²) in [5, 5.41) is 0. The molecule has 2 fully saturated rings. The summed E-state index contributed by atoms with van der Waals surface area (Å²) in [7, 11) is 0. The standard InChI is InChI=1S/C16H22N2O4/c1-15(2)10-16(12(22-15)9-13(17)19)6-4-7-18(16)14(20)11-5-3-8-21-11/h3,5,8,12H,4,6-7,9-10H2,1-2H3,(H2,17,19)/t12-,16+/m0/s1. The summed E-state index contributed by atoms with van der Waals surface area (Å²) >= 11 is 0. The van der Waals surface area contributed by atoms with Crippen molar-refractivity contribution in [2.45, 2.75) is 56.8 Å². The van der Waals surface area contributed by atoms with Crippen LogP contribution in [0.2, 0.25) is 0 Å². The van der Waals surface area contributed by atoms with Crippen LogP contribution in [-0.2, 0) is 9.53 Å². The Hall–Kier alpha value is -1.82. The summed E-state index contributed by atoms with van der Waals surface area (Å²) < 4.78 is 11.3. The van der Waals surface area contributed by atoms with Crippen LogP contribution in [0.4, 0.5) is 0 Å². The smallest absolute Gasteiger partial charge is 0.290 e. The van der Waals surface area contributed by atoms with E-state index in [9.17, 15) is 9.59 Å². The molecule has 2 aliphatic rings. The van der Waals surface area contributed by atoms with E-state index in [0.29, 0.717) is 18.7 Å². The van der Waals surface area contributed by atoms with Gasteiger partial charge in [0.2, 0.25) is 5.91 Å². The van der Waals surface area contributed by atoms with Crippen molar-refractivity contribution in [3.05, 3.63) is 24.2 Å². The SMILES string of the molecule is CC1(C)C[C@]2(CCCN2C(=O)c2ccco2)[C@H](CC(N)=O)O1. The van der Waals surface area contributed by atoms with E-state index in [2.05, 4.69) is 0 Å². The topological polar surface area (TPSA) is 85.8 Å². The van der Waals surface area contributed by atoms with E-state index in [0.717, 1.165) is 12.8 Å². The molecule has 0 aromatic carbocycles. The molecular formula is C16H22N2O4. The summed E-state index contributed by atoms with van der Waals surface area (Å²) in [6.07, 6.45) is 3.67. The average molecular weight is 306 g/mol. The van der Waals surface area contributed by atoms with Crippen LogP contribution in [0.3, 0.4) is 0 Å². The molecule has 1 aromatic heterocycles. The number of furan rings is 1. The minimum atomic E-state index is -0.470. The lowest BCUT2D eigenvalue weighted by Crippen LogP contribution is -2.53. The molecule has 0 radical (unpaired) electrons. The molecule has 120 valence electrons. The van der Waals surface area contributed by atoms with Gasteiger partial charge in [0.25, 0.3) is 5.91 Å². The summed E-state index contributed by atoms with van der Waals surface area (Å²) in [6, 6.07) is 3.37. The van der Waals surface area contributed by atoms with Crippen molar-refractivity contribution in [2.24, 2.45) is 5.73 Å². The molecule has 2 N–H and O–H groups in total. The highest BCUT2D eigenvalue weighted by Gasteiger charge is 2.58. The Bertz CT molecular complexity index is 581. The van der Waals surface area contributed by atoms with Crippen LogP contribution < -0.4 is 5.73 Å². The first-order chi connectivity index (χ1) is 10.3. The number of carbonyl (C=O) groups excluding carboxylic acids is 2. The molecule has 1 aromatic rings. The average Bonchev–Trinajstić information content (AvgIpc) is 3.09. The normalized spacial score (nSPS) is 30.1. The van der Waals surface area contributed by atoms with Crippen molar-refractivity contribution in [1.29, 1.82) is 0 Å². The molecule has 2 atom stereocenters. The third-order valence-electron chi connectivity index (χ3n) is 4.69. The number of nitrogens with two attached hydrogens (primary N) is 1. The fourth-order valence-electron chi connectivity index (χ4n) is 4.06. The molecule has 3 rings (SSSR count). The lowest BCUT2D eigenvalue weighted by atomic mass is 9.82. The maximum atomic E-state index is 12.8. The fourth-order valence-corrected chi connectivity index (χ4v) is 4.06. The summed E-state index contributed by atoms with van der Waals surface area (Å²) in [5.74, 6) is -0.221. The molecule has 22 heavy (non-hydrogen) atoms. The Morgan fingerprint density at radius 2 is 2.23 bits per heavy atom.